The number of amides is 2. The van der Waals surface area contributed by atoms with E-state index in [1.54, 1.807) is 24.1 Å². The van der Waals surface area contributed by atoms with Crippen molar-refractivity contribution >= 4 is 23.4 Å². The van der Waals surface area contributed by atoms with Gasteiger partial charge < -0.3 is 15.0 Å². The van der Waals surface area contributed by atoms with Gasteiger partial charge in [-0.05, 0) is 47.9 Å². The molecule has 0 fully saturated rings. The van der Waals surface area contributed by atoms with Gasteiger partial charge in [-0.2, -0.15) is 0 Å². The summed E-state index contributed by atoms with van der Waals surface area (Å²) < 4.78 is 5.76. The number of benzene rings is 3. The Morgan fingerprint density at radius 1 is 0.969 bits per heavy atom. The molecule has 6 heteroatoms. The summed E-state index contributed by atoms with van der Waals surface area (Å²) in [5.74, 6) is 0.0939. The van der Waals surface area contributed by atoms with Crippen molar-refractivity contribution in [1.29, 1.82) is 0 Å². The van der Waals surface area contributed by atoms with Gasteiger partial charge in [-0.25, -0.2) is 0 Å². The lowest BCUT2D eigenvalue weighted by atomic mass is 10.0. The van der Waals surface area contributed by atoms with Crippen LogP contribution in [0, 0.1) is 6.92 Å². The van der Waals surface area contributed by atoms with Crippen LogP contribution in [0.15, 0.2) is 78.9 Å². The minimum Gasteiger partial charge on any atom is -0.484 e. The lowest BCUT2D eigenvalue weighted by Crippen LogP contribution is -2.51. The number of carbonyl (C=O) groups is 2. The van der Waals surface area contributed by atoms with Crippen LogP contribution in [-0.4, -0.2) is 36.4 Å². The van der Waals surface area contributed by atoms with E-state index in [0.29, 0.717) is 17.2 Å². The first-order valence-electron chi connectivity index (χ1n) is 10.4. The fraction of sp³-hybridized carbons (Fsp3) is 0.231. The molecule has 0 bridgehead atoms. The van der Waals surface area contributed by atoms with Crippen LogP contribution >= 0.6 is 11.6 Å². The van der Waals surface area contributed by atoms with E-state index in [1.165, 1.54) is 0 Å². The standard InChI is InChI=1S/C26H27ClN2O3/c1-19-8-6-13-23(14-19)32-18-25(30)29(17-21-11-7-12-22(27)15-21)24(26(31)28-2)16-20-9-4-3-5-10-20/h3-15,24H,16-18H2,1-2H3,(H,28,31)/t24-/m0/s1. The van der Waals surface area contributed by atoms with Gasteiger partial charge in [-0.1, -0.05) is 66.2 Å². The van der Waals surface area contributed by atoms with Crippen molar-refractivity contribution in [3.05, 3.63) is 101 Å². The minimum absolute atomic E-state index is 0.174. The number of carbonyl (C=O) groups excluding carboxylic acids is 2. The Labute approximate surface area is 194 Å². The predicted octanol–water partition coefficient (Wildman–Crippen LogP) is 4.41. The third-order valence-electron chi connectivity index (χ3n) is 5.11. The quantitative estimate of drug-likeness (QED) is 0.525. The van der Waals surface area contributed by atoms with Crippen LogP contribution in [0.4, 0.5) is 0 Å². The summed E-state index contributed by atoms with van der Waals surface area (Å²) in [5, 5.41) is 3.27. The molecule has 32 heavy (non-hydrogen) atoms. The number of hydrogen-bond donors (Lipinski definition) is 1. The number of nitrogens with one attached hydrogen (secondary N) is 1. The Bertz CT molecular complexity index is 1060. The molecule has 0 aromatic heterocycles. The van der Waals surface area contributed by atoms with Crippen LogP contribution in [0.2, 0.25) is 5.02 Å². The molecule has 1 N–H and O–H groups in total. The number of likely N-dealkylation sites (N-methyl/N-ethyl adjacent to an activating group) is 1. The smallest absolute Gasteiger partial charge is 0.261 e. The number of ether oxygens (including phenoxy) is 1. The van der Waals surface area contributed by atoms with E-state index < -0.39 is 6.04 Å². The molecule has 0 saturated carbocycles. The molecular weight excluding hydrogens is 424 g/mol. The minimum atomic E-state index is -0.699. The maximum atomic E-state index is 13.3. The molecule has 0 aliphatic heterocycles. The summed E-state index contributed by atoms with van der Waals surface area (Å²) in [7, 11) is 1.58. The first-order chi connectivity index (χ1) is 15.5. The average Bonchev–Trinajstić information content (AvgIpc) is 2.80. The Balaban J connectivity index is 1.87. The van der Waals surface area contributed by atoms with Crippen molar-refractivity contribution in [3.63, 3.8) is 0 Å². The van der Waals surface area contributed by atoms with Gasteiger partial charge in [0.05, 0.1) is 0 Å². The molecule has 3 aromatic rings. The van der Waals surface area contributed by atoms with Gasteiger partial charge in [0, 0.05) is 25.0 Å². The van der Waals surface area contributed by atoms with Crippen molar-refractivity contribution in [2.24, 2.45) is 0 Å². The summed E-state index contributed by atoms with van der Waals surface area (Å²) in [6.07, 6.45) is 0.386. The summed E-state index contributed by atoms with van der Waals surface area (Å²) in [5.41, 5.74) is 2.84. The first kappa shape index (κ1) is 23.4. The SMILES string of the molecule is CNC(=O)[C@H](Cc1ccccc1)N(Cc1cccc(Cl)c1)C(=O)COc1cccc(C)c1. The van der Waals surface area contributed by atoms with Crippen LogP contribution in [0.3, 0.4) is 0 Å². The topological polar surface area (TPSA) is 58.6 Å². The van der Waals surface area contributed by atoms with E-state index >= 15 is 0 Å². The van der Waals surface area contributed by atoms with Crippen molar-refractivity contribution < 1.29 is 14.3 Å². The van der Waals surface area contributed by atoms with Gasteiger partial charge in [0.1, 0.15) is 11.8 Å². The number of halogens is 1. The maximum absolute atomic E-state index is 13.3. The molecule has 0 aliphatic rings. The Hall–Kier alpha value is -3.31. The summed E-state index contributed by atoms with van der Waals surface area (Å²) in [6, 6.07) is 23.7. The highest BCUT2D eigenvalue weighted by Gasteiger charge is 2.30. The first-order valence-corrected chi connectivity index (χ1v) is 10.8. The summed E-state index contributed by atoms with van der Waals surface area (Å²) in [6.45, 7) is 2.02. The van der Waals surface area contributed by atoms with Gasteiger partial charge in [0.2, 0.25) is 5.91 Å². The highest BCUT2D eigenvalue weighted by molar-refractivity contribution is 6.30. The monoisotopic (exact) mass is 450 g/mol. The molecule has 0 spiro atoms. The zero-order valence-corrected chi connectivity index (χ0v) is 19.0. The van der Waals surface area contributed by atoms with Crippen LogP contribution in [0.25, 0.3) is 0 Å². The lowest BCUT2D eigenvalue weighted by molar-refractivity contribution is -0.142. The van der Waals surface area contributed by atoms with Gasteiger partial charge in [0.15, 0.2) is 6.61 Å². The third kappa shape index (κ3) is 6.59. The molecule has 0 unspecified atom stereocenters. The molecule has 0 radical (unpaired) electrons. The molecule has 3 rings (SSSR count). The third-order valence-corrected chi connectivity index (χ3v) is 5.35. The molecule has 0 saturated heterocycles. The van der Waals surface area contributed by atoms with Gasteiger partial charge in [-0.3, -0.25) is 9.59 Å². The fourth-order valence-electron chi connectivity index (χ4n) is 3.49. The zero-order chi connectivity index (χ0) is 22.9. The number of nitrogens with zero attached hydrogens (tertiary/aromatic N) is 1. The number of hydrogen-bond acceptors (Lipinski definition) is 3. The van der Waals surface area contributed by atoms with Gasteiger partial charge >= 0.3 is 0 Å². The van der Waals surface area contributed by atoms with Gasteiger partial charge in [-0.15, -0.1) is 0 Å². The van der Waals surface area contributed by atoms with Crippen LogP contribution in [0.5, 0.6) is 5.75 Å². The molecule has 166 valence electrons. The Kier molecular flexibility index (Phi) is 8.28. The lowest BCUT2D eigenvalue weighted by Gasteiger charge is -2.31. The Morgan fingerprint density at radius 3 is 2.38 bits per heavy atom. The van der Waals surface area contributed by atoms with E-state index in [2.05, 4.69) is 5.32 Å². The van der Waals surface area contributed by atoms with Gasteiger partial charge in [0.25, 0.3) is 5.91 Å². The number of rotatable bonds is 9. The second-order valence-corrected chi connectivity index (χ2v) is 8.01. The van der Waals surface area contributed by atoms with Crippen molar-refractivity contribution in [1.82, 2.24) is 10.2 Å². The van der Waals surface area contributed by atoms with Crippen LogP contribution < -0.4 is 10.1 Å². The zero-order valence-electron chi connectivity index (χ0n) is 18.3. The molecule has 1 atom stereocenters. The van der Waals surface area contributed by atoms with E-state index in [4.69, 9.17) is 16.3 Å². The van der Waals surface area contributed by atoms with E-state index in [9.17, 15) is 9.59 Å². The van der Waals surface area contributed by atoms with Crippen molar-refractivity contribution in [2.75, 3.05) is 13.7 Å². The molecular formula is C26H27ClN2O3. The average molecular weight is 451 g/mol. The second kappa shape index (κ2) is 11.3. The largest absolute Gasteiger partial charge is 0.484 e. The normalized spacial score (nSPS) is 11.5. The highest BCUT2D eigenvalue weighted by atomic mass is 35.5. The number of aryl methyl sites for hydroxylation is 1. The molecule has 2 amide bonds. The second-order valence-electron chi connectivity index (χ2n) is 7.58. The maximum Gasteiger partial charge on any atom is 0.261 e. The fourth-order valence-corrected chi connectivity index (χ4v) is 3.70. The van der Waals surface area contributed by atoms with Crippen LogP contribution in [-0.2, 0) is 22.6 Å². The van der Waals surface area contributed by atoms with E-state index in [0.717, 1.165) is 16.7 Å². The molecule has 0 aliphatic carbocycles. The molecule has 0 heterocycles. The Morgan fingerprint density at radius 2 is 1.69 bits per heavy atom. The summed E-state index contributed by atoms with van der Waals surface area (Å²) >= 11 is 6.16. The molecule has 3 aromatic carbocycles. The van der Waals surface area contributed by atoms with E-state index in [-0.39, 0.29) is 25.0 Å². The van der Waals surface area contributed by atoms with Crippen LogP contribution in [0.1, 0.15) is 16.7 Å². The highest BCUT2D eigenvalue weighted by Crippen LogP contribution is 2.18. The summed E-state index contributed by atoms with van der Waals surface area (Å²) in [4.78, 5) is 27.8. The van der Waals surface area contributed by atoms with E-state index in [1.807, 2.05) is 73.7 Å². The molecule has 5 nitrogen and oxygen atoms in total. The van der Waals surface area contributed by atoms with Crippen molar-refractivity contribution in [2.45, 2.75) is 25.9 Å². The van der Waals surface area contributed by atoms with Crippen molar-refractivity contribution in [3.8, 4) is 5.75 Å². The predicted molar refractivity (Wildman–Crippen MR) is 127 cm³/mol.